The fourth-order valence-corrected chi connectivity index (χ4v) is 2.71. The second-order valence-corrected chi connectivity index (χ2v) is 6.48. The molecule has 1 aliphatic carbocycles. The Bertz CT molecular complexity index is 245. The first-order valence-electron chi connectivity index (χ1n) is 7.41. The van der Waals surface area contributed by atoms with Crippen LogP contribution >= 0.6 is 0 Å². The normalized spacial score (nSPS) is 17.7. The van der Waals surface area contributed by atoms with Gasteiger partial charge < -0.3 is 10.4 Å². The van der Waals surface area contributed by atoms with Crippen molar-refractivity contribution >= 4 is 5.91 Å². The lowest BCUT2D eigenvalue weighted by Crippen LogP contribution is -2.35. The van der Waals surface area contributed by atoms with E-state index in [0.717, 1.165) is 19.4 Å². The molecule has 1 saturated carbocycles. The second kappa shape index (κ2) is 7.78. The zero-order valence-electron chi connectivity index (χ0n) is 12.0. The van der Waals surface area contributed by atoms with E-state index in [1.54, 1.807) is 0 Å². The van der Waals surface area contributed by atoms with E-state index in [1.165, 1.54) is 32.1 Å². The van der Waals surface area contributed by atoms with Crippen molar-refractivity contribution in [1.29, 1.82) is 0 Å². The highest BCUT2D eigenvalue weighted by Crippen LogP contribution is 2.26. The fraction of sp³-hybridized carbons (Fsp3) is 0.933. The molecule has 0 radical (unpaired) electrons. The van der Waals surface area contributed by atoms with Gasteiger partial charge in [-0.2, -0.15) is 0 Å². The molecule has 3 heteroatoms. The molecule has 0 unspecified atom stereocenters. The number of nitrogens with one attached hydrogen (secondary N) is 1. The average Bonchev–Trinajstić information content (AvgIpc) is 2.36. The predicted molar refractivity (Wildman–Crippen MR) is 74.3 cm³/mol. The number of rotatable bonds is 7. The molecule has 0 aliphatic heterocycles. The molecular formula is C15H29NO2. The molecular weight excluding hydrogens is 226 g/mol. The summed E-state index contributed by atoms with van der Waals surface area (Å²) in [5.74, 6) is 0.818. The Morgan fingerprint density at radius 1 is 1.28 bits per heavy atom. The van der Waals surface area contributed by atoms with Crippen molar-refractivity contribution in [3.63, 3.8) is 0 Å². The van der Waals surface area contributed by atoms with Crippen LogP contribution in [0.25, 0.3) is 0 Å². The van der Waals surface area contributed by atoms with Crippen LogP contribution in [-0.4, -0.2) is 24.2 Å². The van der Waals surface area contributed by atoms with Gasteiger partial charge in [0.2, 0.25) is 5.91 Å². The van der Waals surface area contributed by atoms with Crippen molar-refractivity contribution in [3.8, 4) is 0 Å². The van der Waals surface area contributed by atoms with Crippen molar-refractivity contribution in [2.45, 2.75) is 65.2 Å². The van der Waals surface area contributed by atoms with Crippen molar-refractivity contribution in [2.24, 2.45) is 11.3 Å². The SMILES string of the molecule is CC(C)(CCCO)CNC(=O)CC1CCCCC1. The molecule has 1 aliphatic rings. The number of amides is 1. The Kier molecular flexibility index (Phi) is 6.69. The van der Waals surface area contributed by atoms with E-state index < -0.39 is 0 Å². The van der Waals surface area contributed by atoms with Gasteiger partial charge in [0.15, 0.2) is 0 Å². The third kappa shape index (κ3) is 6.39. The molecule has 18 heavy (non-hydrogen) atoms. The van der Waals surface area contributed by atoms with Crippen LogP contribution in [0.1, 0.15) is 65.2 Å². The predicted octanol–water partition coefficient (Wildman–Crippen LogP) is 2.87. The van der Waals surface area contributed by atoms with Gasteiger partial charge in [0, 0.05) is 19.6 Å². The van der Waals surface area contributed by atoms with Crippen LogP contribution in [0, 0.1) is 11.3 Å². The zero-order valence-corrected chi connectivity index (χ0v) is 12.0. The minimum absolute atomic E-state index is 0.0882. The molecule has 0 spiro atoms. The third-order valence-electron chi connectivity index (χ3n) is 3.97. The lowest BCUT2D eigenvalue weighted by Gasteiger charge is -2.26. The van der Waals surface area contributed by atoms with E-state index in [-0.39, 0.29) is 17.9 Å². The van der Waals surface area contributed by atoms with E-state index in [1.807, 2.05) is 0 Å². The quantitative estimate of drug-likeness (QED) is 0.735. The lowest BCUT2D eigenvalue weighted by molar-refractivity contribution is -0.122. The van der Waals surface area contributed by atoms with Crippen LogP contribution < -0.4 is 5.32 Å². The Hall–Kier alpha value is -0.570. The van der Waals surface area contributed by atoms with E-state index in [4.69, 9.17) is 5.11 Å². The summed E-state index contributed by atoms with van der Waals surface area (Å²) >= 11 is 0. The summed E-state index contributed by atoms with van der Waals surface area (Å²) in [5, 5.41) is 11.9. The Morgan fingerprint density at radius 2 is 1.94 bits per heavy atom. The van der Waals surface area contributed by atoms with Crippen LogP contribution in [0.4, 0.5) is 0 Å². The number of aliphatic hydroxyl groups excluding tert-OH is 1. The Morgan fingerprint density at radius 3 is 2.56 bits per heavy atom. The Balaban J connectivity index is 2.19. The van der Waals surface area contributed by atoms with Crippen molar-refractivity contribution in [1.82, 2.24) is 5.32 Å². The topological polar surface area (TPSA) is 49.3 Å². The highest BCUT2D eigenvalue weighted by atomic mass is 16.2. The zero-order chi connectivity index (χ0) is 13.4. The molecule has 1 amide bonds. The molecule has 0 heterocycles. The summed E-state index contributed by atoms with van der Waals surface area (Å²) in [4.78, 5) is 11.9. The molecule has 106 valence electrons. The van der Waals surface area contributed by atoms with Gasteiger partial charge in [-0.1, -0.05) is 33.1 Å². The molecule has 0 atom stereocenters. The second-order valence-electron chi connectivity index (χ2n) is 6.48. The highest BCUT2D eigenvalue weighted by molar-refractivity contribution is 5.76. The summed E-state index contributed by atoms with van der Waals surface area (Å²) in [6.45, 7) is 5.24. The number of carbonyl (C=O) groups excluding carboxylic acids is 1. The van der Waals surface area contributed by atoms with E-state index in [0.29, 0.717) is 12.3 Å². The van der Waals surface area contributed by atoms with E-state index >= 15 is 0 Å². The molecule has 0 bridgehead atoms. The molecule has 0 aromatic heterocycles. The minimum Gasteiger partial charge on any atom is -0.396 e. The average molecular weight is 255 g/mol. The maximum atomic E-state index is 11.9. The number of carbonyl (C=O) groups is 1. The molecule has 0 saturated heterocycles. The maximum Gasteiger partial charge on any atom is 0.220 e. The molecule has 2 N–H and O–H groups in total. The van der Waals surface area contributed by atoms with Gasteiger partial charge >= 0.3 is 0 Å². The van der Waals surface area contributed by atoms with Crippen LogP contribution in [0.15, 0.2) is 0 Å². The van der Waals surface area contributed by atoms with Gasteiger partial charge in [-0.3, -0.25) is 4.79 Å². The number of hydrogen-bond donors (Lipinski definition) is 2. The van der Waals surface area contributed by atoms with Gasteiger partial charge in [0.1, 0.15) is 0 Å². The maximum absolute atomic E-state index is 11.9. The van der Waals surface area contributed by atoms with Crippen LogP contribution in [0.5, 0.6) is 0 Å². The van der Waals surface area contributed by atoms with E-state index in [9.17, 15) is 4.79 Å². The number of aliphatic hydroxyl groups is 1. The fourth-order valence-electron chi connectivity index (χ4n) is 2.71. The molecule has 3 nitrogen and oxygen atoms in total. The summed E-state index contributed by atoms with van der Waals surface area (Å²) in [6, 6.07) is 0. The summed E-state index contributed by atoms with van der Waals surface area (Å²) in [7, 11) is 0. The first-order chi connectivity index (χ1) is 8.53. The minimum atomic E-state index is 0.0882. The first-order valence-corrected chi connectivity index (χ1v) is 7.41. The smallest absolute Gasteiger partial charge is 0.220 e. The van der Waals surface area contributed by atoms with Crippen LogP contribution in [-0.2, 0) is 4.79 Å². The third-order valence-corrected chi connectivity index (χ3v) is 3.97. The monoisotopic (exact) mass is 255 g/mol. The van der Waals surface area contributed by atoms with E-state index in [2.05, 4.69) is 19.2 Å². The van der Waals surface area contributed by atoms with Crippen LogP contribution in [0.2, 0.25) is 0 Å². The van der Waals surface area contributed by atoms with Crippen molar-refractivity contribution in [2.75, 3.05) is 13.2 Å². The summed E-state index contributed by atoms with van der Waals surface area (Å²) < 4.78 is 0. The standard InChI is InChI=1S/C15H29NO2/c1-15(2,9-6-10-17)12-16-14(18)11-13-7-4-3-5-8-13/h13,17H,3-12H2,1-2H3,(H,16,18). The molecule has 1 rings (SSSR count). The van der Waals surface area contributed by atoms with Crippen molar-refractivity contribution < 1.29 is 9.90 Å². The van der Waals surface area contributed by atoms with Crippen molar-refractivity contribution in [3.05, 3.63) is 0 Å². The number of hydrogen-bond acceptors (Lipinski definition) is 2. The van der Waals surface area contributed by atoms with Crippen LogP contribution in [0.3, 0.4) is 0 Å². The molecule has 1 fully saturated rings. The lowest BCUT2D eigenvalue weighted by atomic mass is 9.86. The molecule has 0 aromatic rings. The van der Waals surface area contributed by atoms with Gasteiger partial charge in [-0.25, -0.2) is 0 Å². The van der Waals surface area contributed by atoms with Gasteiger partial charge in [0.05, 0.1) is 0 Å². The summed E-state index contributed by atoms with van der Waals surface area (Å²) in [6.07, 6.45) is 8.84. The Labute approximate surface area is 111 Å². The van der Waals surface area contributed by atoms with Gasteiger partial charge in [-0.15, -0.1) is 0 Å². The molecule has 0 aromatic carbocycles. The highest BCUT2D eigenvalue weighted by Gasteiger charge is 2.20. The van der Waals surface area contributed by atoms with Gasteiger partial charge in [-0.05, 0) is 37.0 Å². The van der Waals surface area contributed by atoms with Gasteiger partial charge in [0.25, 0.3) is 0 Å². The summed E-state index contributed by atoms with van der Waals surface area (Å²) in [5.41, 5.74) is 0.0882. The first kappa shape index (κ1) is 15.5. The largest absolute Gasteiger partial charge is 0.396 e.